The standard InChI is InChI=1S/C22H23N3O2/c1-15-3-5-16(6-4-15)14-25-12-11-20(22(25)26)24-21-10-7-17-13-18(27-2)8-9-19(17)23-21/h3-10,13,20H,11-12,14H2,1-2H3,(H,23,24). The van der Waals surface area contributed by atoms with Crippen LogP contribution in [0.4, 0.5) is 5.82 Å². The lowest BCUT2D eigenvalue weighted by Gasteiger charge is -2.18. The van der Waals surface area contributed by atoms with E-state index in [2.05, 4.69) is 41.5 Å². The van der Waals surface area contributed by atoms with Crippen molar-refractivity contribution in [1.82, 2.24) is 9.88 Å². The van der Waals surface area contributed by atoms with E-state index in [1.807, 2.05) is 35.2 Å². The first-order valence-corrected chi connectivity index (χ1v) is 9.18. The van der Waals surface area contributed by atoms with E-state index in [1.54, 1.807) is 7.11 Å². The monoisotopic (exact) mass is 361 g/mol. The average Bonchev–Trinajstić information content (AvgIpc) is 3.03. The normalized spacial score (nSPS) is 16.7. The summed E-state index contributed by atoms with van der Waals surface area (Å²) < 4.78 is 5.25. The number of likely N-dealkylation sites (tertiary alicyclic amines) is 1. The molecule has 4 rings (SSSR count). The lowest BCUT2D eigenvalue weighted by molar-refractivity contribution is -0.128. The first-order valence-electron chi connectivity index (χ1n) is 9.18. The second kappa shape index (κ2) is 7.27. The fourth-order valence-corrected chi connectivity index (χ4v) is 3.43. The maximum absolute atomic E-state index is 12.7. The number of fused-ring (bicyclic) bond motifs is 1. The second-order valence-electron chi connectivity index (χ2n) is 6.99. The van der Waals surface area contributed by atoms with Crippen LogP contribution in [0.1, 0.15) is 17.5 Å². The van der Waals surface area contributed by atoms with Gasteiger partial charge in [-0.05, 0) is 49.2 Å². The van der Waals surface area contributed by atoms with Crippen molar-refractivity contribution in [2.24, 2.45) is 0 Å². The maximum atomic E-state index is 12.7. The predicted octanol–water partition coefficient (Wildman–Crippen LogP) is 3.76. The number of hydrogen-bond donors (Lipinski definition) is 1. The van der Waals surface area contributed by atoms with E-state index < -0.39 is 0 Å². The molecule has 2 aromatic carbocycles. The smallest absolute Gasteiger partial charge is 0.245 e. The van der Waals surface area contributed by atoms with Crippen molar-refractivity contribution >= 4 is 22.6 Å². The highest BCUT2D eigenvalue weighted by atomic mass is 16.5. The highest BCUT2D eigenvalue weighted by molar-refractivity contribution is 5.87. The zero-order valence-corrected chi connectivity index (χ0v) is 15.6. The molecule has 0 aliphatic carbocycles. The van der Waals surface area contributed by atoms with Crippen LogP contribution in [0.2, 0.25) is 0 Å². The van der Waals surface area contributed by atoms with Gasteiger partial charge in [0.15, 0.2) is 0 Å². The molecule has 3 aromatic rings. The highest BCUT2D eigenvalue weighted by Gasteiger charge is 2.31. The number of anilines is 1. The van der Waals surface area contributed by atoms with E-state index in [-0.39, 0.29) is 11.9 Å². The summed E-state index contributed by atoms with van der Waals surface area (Å²) in [6, 6.07) is 17.8. The number of benzene rings is 2. The predicted molar refractivity (Wildman–Crippen MR) is 107 cm³/mol. The molecule has 138 valence electrons. The van der Waals surface area contributed by atoms with Crippen molar-refractivity contribution in [3.05, 3.63) is 65.7 Å². The Hall–Kier alpha value is -3.08. The van der Waals surface area contributed by atoms with Crippen LogP contribution >= 0.6 is 0 Å². The van der Waals surface area contributed by atoms with Crippen molar-refractivity contribution in [3.63, 3.8) is 0 Å². The van der Waals surface area contributed by atoms with Crippen LogP contribution in [0.3, 0.4) is 0 Å². The number of amides is 1. The molecule has 1 fully saturated rings. The minimum atomic E-state index is -0.223. The number of carbonyl (C=O) groups excluding carboxylic acids is 1. The van der Waals surface area contributed by atoms with Crippen molar-refractivity contribution in [2.45, 2.75) is 25.9 Å². The van der Waals surface area contributed by atoms with Gasteiger partial charge in [-0.2, -0.15) is 0 Å². The van der Waals surface area contributed by atoms with Gasteiger partial charge < -0.3 is 15.0 Å². The fourth-order valence-electron chi connectivity index (χ4n) is 3.43. The van der Waals surface area contributed by atoms with Crippen molar-refractivity contribution in [3.8, 4) is 5.75 Å². The van der Waals surface area contributed by atoms with Crippen LogP contribution in [0.15, 0.2) is 54.6 Å². The molecular weight excluding hydrogens is 338 g/mol. The second-order valence-corrected chi connectivity index (χ2v) is 6.99. The number of nitrogens with one attached hydrogen (secondary N) is 1. The number of pyridine rings is 1. The third-order valence-electron chi connectivity index (χ3n) is 5.01. The van der Waals surface area contributed by atoms with Gasteiger partial charge in [-0.25, -0.2) is 4.98 Å². The lowest BCUT2D eigenvalue weighted by Crippen LogP contribution is -2.33. The summed E-state index contributed by atoms with van der Waals surface area (Å²) >= 11 is 0. The number of hydrogen-bond acceptors (Lipinski definition) is 4. The van der Waals surface area contributed by atoms with Crippen LogP contribution in [0.5, 0.6) is 5.75 Å². The third kappa shape index (κ3) is 3.72. The maximum Gasteiger partial charge on any atom is 0.245 e. The molecular formula is C22H23N3O2. The molecule has 1 aromatic heterocycles. The lowest BCUT2D eigenvalue weighted by atomic mass is 10.1. The fraction of sp³-hybridized carbons (Fsp3) is 0.273. The summed E-state index contributed by atoms with van der Waals surface area (Å²) in [5, 5.41) is 4.32. The van der Waals surface area contributed by atoms with E-state index in [4.69, 9.17) is 4.74 Å². The molecule has 1 N–H and O–H groups in total. The Morgan fingerprint density at radius 3 is 2.74 bits per heavy atom. The molecule has 5 nitrogen and oxygen atoms in total. The number of nitrogens with zero attached hydrogens (tertiary/aromatic N) is 2. The molecule has 1 amide bonds. The minimum Gasteiger partial charge on any atom is -0.497 e. The van der Waals surface area contributed by atoms with Gasteiger partial charge in [-0.3, -0.25) is 4.79 Å². The topological polar surface area (TPSA) is 54.5 Å². The van der Waals surface area contributed by atoms with Crippen molar-refractivity contribution < 1.29 is 9.53 Å². The van der Waals surface area contributed by atoms with Crippen LogP contribution in [0.25, 0.3) is 10.9 Å². The van der Waals surface area contributed by atoms with Gasteiger partial charge in [0, 0.05) is 18.5 Å². The van der Waals surface area contributed by atoms with Gasteiger partial charge in [-0.1, -0.05) is 29.8 Å². The van der Waals surface area contributed by atoms with E-state index in [1.165, 1.54) is 5.56 Å². The Bertz CT molecular complexity index is 969. The molecule has 5 heteroatoms. The molecule has 0 radical (unpaired) electrons. The number of methoxy groups -OCH3 is 1. The summed E-state index contributed by atoms with van der Waals surface area (Å²) in [5.41, 5.74) is 3.26. The Balaban J connectivity index is 1.44. The van der Waals surface area contributed by atoms with Crippen LogP contribution in [-0.4, -0.2) is 35.5 Å². The zero-order chi connectivity index (χ0) is 18.8. The van der Waals surface area contributed by atoms with Crippen LogP contribution in [-0.2, 0) is 11.3 Å². The SMILES string of the molecule is COc1ccc2nc(NC3CCN(Cc4ccc(C)cc4)C3=O)ccc2c1. The summed E-state index contributed by atoms with van der Waals surface area (Å²) in [6.07, 6.45) is 0.785. The van der Waals surface area contributed by atoms with E-state index in [0.717, 1.165) is 41.0 Å². The summed E-state index contributed by atoms with van der Waals surface area (Å²) in [5.74, 6) is 1.66. The quantitative estimate of drug-likeness (QED) is 0.752. The van der Waals surface area contributed by atoms with Gasteiger partial charge in [0.25, 0.3) is 0 Å². The van der Waals surface area contributed by atoms with Crippen molar-refractivity contribution in [1.29, 1.82) is 0 Å². The Kier molecular flexibility index (Phi) is 4.67. The zero-order valence-electron chi connectivity index (χ0n) is 15.6. The molecule has 0 saturated carbocycles. The molecule has 1 unspecified atom stereocenters. The average molecular weight is 361 g/mol. The van der Waals surface area contributed by atoms with E-state index in [0.29, 0.717) is 6.54 Å². The summed E-state index contributed by atoms with van der Waals surface area (Å²) in [4.78, 5) is 19.3. The summed E-state index contributed by atoms with van der Waals surface area (Å²) in [6.45, 7) is 3.48. The van der Waals surface area contributed by atoms with Gasteiger partial charge in [0.05, 0.1) is 12.6 Å². The van der Waals surface area contributed by atoms with Gasteiger partial charge in [0.2, 0.25) is 5.91 Å². The number of aryl methyl sites for hydroxylation is 1. The first kappa shape index (κ1) is 17.3. The number of carbonyl (C=O) groups is 1. The summed E-state index contributed by atoms with van der Waals surface area (Å²) in [7, 11) is 1.65. The largest absolute Gasteiger partial charge is 0.497 e. The minimum absolute atomic E-state index is 0.132. The molecule has 1 saturated heterocycles. The van der Waals surface area contributed by atoms with E-state index in [9.17, 15) is 4.79 Å². The molecule has 1 aliphatic heterocycles. The van der Waals surface area contributed by atoms with Crippen LogP contribution < -0.4 is 10.1 Å². The highest BCUT2D eigenvalue weighted by Crippen LogP contribution is 2.23. The van der Waals surface area contributed by atoms with Crippen molar-refractivity contribution in [2.75, 3.05) is 19.0 Å². The molecule has 2 heterocycles. The number of rotatable bonds is 5. The molecule has 0 bridgehead atoms. The first-order chi connectivity index (χ1) is 13.1. The molecule has 0 spiro atoms. The Labute approximate surface area is 159 Å². The van der Waals surface area contributed by atoms with E-state index >= 15 is 0 Å². The Morgan fingerprint density at radius 1 is 1.15 bits per heavy atom. The molecule has 1 aliphatic rings. The molecule has 1 atom stereocenters. The number of aromatic nitrogens is 1. The number of ether oxygens (including phenoxy) is 1. The third-order valence-corrected chi connectivity index (χ3v) is 5.01. The Morgan fingerprint density at radius 2 is 1.96 bits per heavy atom. The van der Waals surface area contributed by atoms with Gasteiger partial charge in [-0.15, -0.1) is 0 Å². The van der Waals surface area contributed by atoms with Gasteiger partial charge in [0.1, 0.15) is 17.6 Å². The van der Waals surface area contributed by atoms with Gasteiger partial charge >= 0.3 is 0 Å². The van der Waals surface area contributed by atoms with Crippen LogP contribution in [0, 0.1) is 6.92 Å². The molecule has 27 heavy (non-hydrogen) atoms.